The Morgan fingerprint density at radius 1 is 1.04 bits per heavy atom. The van der Waals surface area contributed by atoms with Crippen LogP contribution < -0.4 is 10.6 Å². The number of amides is 2. The van der Waals surface area contributed by atoms with Crippen LogP contribution in [-0.4, -0.2) is 23.9 Å². The van der Waals surface area contributed by atoms with Crippen molar-refractivity contribution in [3.63, 3.8) is 0 Å². The van der Waals surface area contributed by atoms with E-state index in [1.165, 1.54) is 32.1 Å². The van der Waals surface area contributed by atoms with Crippen LogP contribution in [0.25, 0.3) is 0 Å². The summed E-state index contributed by atoms with van der Waals surface area (Å²) in [4.78, 5) is 25.3. The Bertz CT molecular complexity index is 536. The molecule has 4 nitrogen and oxygen atoms in total. The molecule has 1 aromatic rings. The third-order valence-corrected chi connectivity index (χ3v) is 5.27. The monoisotopic (exact) mass is 344 g/mol. The fourth-order valence-electron chi connectivity index (χ4n) is 3.41. The van der Waals surface area contributed by atoms with E-state index in [-0.39, 0.29) is 23.8 Å². The van der Waals surface area contributed by atoms with Gasteiger partial charge in [0, 0.05) is 11.6 Å². The fraction of sp³-hybridized carbons (Fsp3) is 0.619. The quantitative estimate of drug-likeness (QED) is 0.817. The van der Waals surface area contributed by atoms with E-state index in [0.717, 1.165) is 19.3 Å². The van der Waals surface area contributed by atoms with Crippen molar-refractivity contribution in [1.82, 2.24) is 10.6 Å². The summed E-state index contributed by atoms with van der Waals surface area (Å²) >= 11 is 0. The van der Waals surface area contributed by atoms with Crippen molar-refractivity contribution in [3.8, 4) is 0 Å². The Morgan fingerprint density at radius 2 is 1.64 bits per heavy atom. The summed E-state index contributed by atoms with van der Waals surface area (Å²) in [5.41, 5.74) is 0.592. The predicted octanol–water partition coefficient (Wildman–Crippen LogP) is 4.06. The van der Waals surface area contributed by atoms with Crippen molar-refractivity contribution in [2.45, 2.75) is 77.3 Å². The average molecular weight is 344 g/mol. The van der Waals surface area contributed by atoms with Gasteiger partial charge in [-0.25, -0.2) is 0 Å². The summed E-state index contributed by atoms with van der Waals surface area (Å²) in [6.07, 6.45) is 9.11. The number of rotatable bonds is 6. The fourth-order valence-corrected chi connectivity index (χ4v) is 3.41. The summed E-state index contributed by atoms with van der Waals surface area (Å²) in [5, 5.41) is 6.16. The highest BCUT2D eigenvalue weighted by molar-refractivity contribution is 5.97. The third kappa shape index (κ3) is 6.18. The second-order valence-electron chi connectivity index (χ2n) is 7.25. The summed E-state index contributed by atoms with van der Waals surface area (Å²) in [6, 6.07) is 8.86. The highest BCUT2D eigenvalue weighted by Gasteiger charge is 2.28. The molecule has 25 heavy (non-hydrogen) atoms. The third-order valence-electron chi connectivity index (χ3n) is 5.27. The zero-order valence-electron chi connectivity index (χ0n) is 15.6. The molecule has 4 heteroatoms. The van der Waals surface area contributed by atoms with Gasteiger partial charge in [0.15, 0.2) is 0 Å². The van der Waals surface area contributed by atoms with E-state index in [1.54, 1.807) is 12.1 Å². The van der Waals surface area contributed by atoms with Crippen LogP contribution in [0.2, 0.25) is 0 Å². The Labute approximate surface area is 151 Å². The molecular formula is C21H32N2O2. The summed E-state index contributed by atoms with van der Waals surface area (Å²) in [5.74, 6) is -0.121. The number of benzene rings is 1. The van der Waals surface area contributed by atoms with Gasteiger partial charge in [0.05, 0.1) is 0 Å². The molecule has 138 valence electrons. The minimum absolute atomic E-state index is 0.0378. The van der Waals surface area contributed by atoms with Crippen LogP contribution in [0.15, 0.2) is 30.3 Å². The molecule has 0 saturated heterocycles. The standard InChI is InChI=1S/C21H32N2O2/c1-3-16(2)19(23-20(24)17-12-8-7-9-13-17)21(25)22-18-14-10-5-4-6-11-15-18/h7-9,12-13,16,18-19H,3-6,10-11,14-15H2,1-2H3,(H,22,25)(H,23,24). The minimum atomic E-state index is -0.483. The van der Waals surface area contributed by atoms with Gasteiger partial charge in [-0.2, -0.15) is 0 Å². The molecule has 1 fully saturated rings. The van der Waals surface area contributed by atoms with Gasteiger partial charge in [-0.05, 0) is 30.9 Å². The molecule has 0 aromatic heterocycles. The van der Waals surface area contributed by atoms with Gasteiger partial charge in [0.25, 0.3) is 5.91 Å². The smallest absolute Gasteiger partial charge is 0.251 e. The van der Waals surface area contributed by atoms with E-state index in [4.69, 9.17) is 0 Å². The topological polar surface area (TPSA) is 58.2 Å². The highest BCUT2D eigenvalue weighted by atomic mass is 16.2. The maximum Gasteiger partial charge on any atom is 0.251 e. The number of carbonyl (C=O) groups is 2. The lowest BCUT2D eigenvalue weighted by molar-refractivity contribution is -0.125. The second kappa shape index (κ2) is 10.2. The van der Waals surface area contributed by atoms with Crippen LogP contribution >= 0.6 is 0 Å². The molecule has 2 rings (SSSR count). The van der Waals surface area contributed by atoms with Gasteiger partial charge in [-0.15, -0.1) is 0 Å². The number of hydrogen-bond donors (Lipinski definition) is 2. The van der Waals surface area contributed by atoms with Crippen LogP contribution in [0.1, 0.15) is 75.6 Å². The largest absolute Gasteiger partial charge is 0.352 e. The minimum Gasteiger partial charge on any atom is -0.352 e. The van der Waals surface area contributed by atoms with Crippen molar-refractivity contribution in [2.24, 2.45) is 5.92 Å². The Balaban J connectivity index is 2.00. The van der Waals surface area contributed by atoms with Gasteiger partial charge in [0.2, 0.25) is 5.91 Å². The van der Waals surface area contributed by atoms with Crippen molar-refractivity contribution in [1.29, 1.82) is 0 Å². The van der Waals surface area contributed by atoms with Crippen LogP contribution in [0.5, 0.6) is 0 Å². The van der Waals surface area contributed by atoms with Crippen molar-refractivity contribution in [2.75, 3.05) is 0 Å². The van der Waals surface area contributed by atoms with Crippen molar-refractivity contribution < 1.29 is 9.59 Å². The van der Waals surface area contributed by atoms with E-state index < -0.39 is 6.04 Å². The van der Waals surface area contributed by atoms with Gasteiger partial charge >= 0.3 is 0 Å². The van der Waals surface area contributed by atoms with Gasteiger partial charge in [-0.3, -0.25) is 9.59 Å². The number of nitrogens with one attached hydrogen (secondary N) is 2. The van der Waals surface area contributed by atoms with Crippen LogP contribution in [0.3, 0.4) is 0 Å². The van der Waals surface area contributed by atoms with E-state index in [1.807, 2.05) is 25.1 Å². The SMILES string of the molecule is CCC(C)C(NC(=O)c1ccccc1)C(=O)NC1CCCCCCC1. The predicted molar refractivity (Wildman–Crippen MR) is 101 cm³/mol. The summed E-state index contributed by atoms with van der Waals surface area (Å²) < 4.78 is 0. The first-order chi connectivity index (χ1) is 12.1. The molecule has 2 amide bonds. The molecule has 2 atom stereocenters. The molecular weight excluding hydrogens is 312 g/mol. The molecule has 0 spiro atoms. The average Bonchev–Trinajstić information content (AvgIpc) is 2.61. The lowest BCUT2D eigenvalue weighted by Gasteiger charge is -2.27. The Kier molecular flexibility index (Phi) is 7.96. The summed E-state index contributed by atoms with van der Waals surface area (Å²) in [7, 11) is 0. The first kappa shape index (κ1) is 19.5. The van der Waals surface area contributed by atoms with Crippen molar-refractivity contribution in [3.05, 3.63) is 35.9 Å². The zero-order valence-corrected chi connectivity index (χ0v) is 15.6. The van der Waals surface area contributed by atoms with Crippen LogP contribution in [0, 0.1) is 5.92 Å². The molecule has 0 radical (unpaired) electrons. The molecule has 0 heterocycles. The van der Waals surface area contributed by atoms with E-state index >= 15 is 0 Å². The summed E-state index contributed by atoms with van der Waals surface area (Å²) in [6.45, 7) is 4.07. The normalized spacial score (nSPS) is 18.5. The molecule has 2 unspecified atom stereocenters. The van der Waals surface area contributed by atoms with E-state index in [2.05, 4.69) is 17.6 Å². The molecule has 1 aromatic carbocycles. The highest BCUT2D eigenvalue weighted by Crippen LogP contribution is 2.18. The van der Waals surface area contributed by atoms with Crippen LogP contribution in [0.4, 0.5) is 0 Å². The van der Waals surface area contributed by atoms with E-state index in [9.17, 15) is 9.59 Å². The molecule has 1 saturated carbocycles. The molecule has 1 aliphatic rings. The first-order valence-corrected chi connectivity index (χ1v) is 9.78. The number of hydrogen-bond acceptors (Lipinski definition) is 2. The number of carbonyl (C=O) groups excluding carboxylic acids is 2. The lowest BCUT2D eigenvalue weighted by atomic mass is 9.94. The van der Waals surface area contributed by atoms with Gasteiger partial charge in [0.1, 0.15) is 6.04 Å². The van der Waals surface area contributed by atoms with Gasteiger partial charge in [-0.1, -0.05) is 70.6 Å². The van der Waals surface area contributed by atoms with Crippen molar-refractivity contribution >= 4 is 11.8 Å². The van der Waals surface area contributed by atoms with E-state index in [0.29, 0.717) is 5.56 Å². The Hall–Kier alpha value is -1.84. The van der Waals surface area contributed by atoms with Gasteiger partial charge < -0.3 is 10.6 Å². The zero-order chi connectivity index (χ0) is 18.1. The second-order valence-corrected chi connectivity index (χ2v) is 7.25. The molecule has 2 N–H and O–H groups in total. The Morgan fingerprint density at radius 3 is 2.24 bits per heavy atom. The molecule has 0 aliphatic heterocycles. The molecule has 0 bridgehead atoms. The maximum atomic E-state index is 12.9. The molecule has 1 aliphatic carbocycles. The van der Waals surface area contributed by atoms with Crippen LogP contribution in [-0.2, 0) is 4.79 Å². The first-order valence-electron chi connectivity index (χ1n) is 9.78. The lowest BCUT2D eigenvalue weighted by Crippen LogP contribution is -2.52. The maximum absolute atomic E-state index is 12.9.